The molecule has 0 radical (unpaired) electrons. The van der Waals surface area contributed by atoms with Gasteiger partial charge in [0, 0.05) is 55.6 Å². The summed E-state index contributed by atoms with van der Waals surface area (Å²) in [6, 6.07) is 6.78. The normalized spacial score (nSPS) is 17.7. The van der Waals surface area contributed by atoms with Crippen molar-refractivity contribution >= 4 is 16.6 Å². The molecule has 0 bridgehead atoms. The summed E-state index contributed by atoms with van der Waals surface area (Å²) < 4.78 is 10.9. The summed E-state index contributed by atoms with van der Waals surface area (Å²) in [7, 11) is 3.34. The molecule has 2 aromatic rings. The Morgan fingerprint density at radius 1 is 1.04 bits per heavy atom. The first-order valence-electron chi connectivity index (χ1n) is 10.1. The second kappa shape index (κ2) is 8.79. The zero-order valence-electron chi connectivity index (χ0n) is 17.4. The van der Waals surface area contributed by atoms with Crippen molar-refractivity contribution in [2.24, 2.45) is 5.92 Å². The lowest BCUT2D eigenvalue weighted by Crippen LogP contribution is -2.50. The van der Waals surface area contributed by atoms with Gasteiger partial charge in [0.05, 0.1) is 19.7 Å². The van der Waals surface area contributed by atoms with Gasteiger partial charge < -0.3 is 14.4 Å². The number of ether oxygens (including phenoxy) is 2. The molecule has 5 nitrogen and oxygen atoms in total. The molecule has 1 saturated heterocycles. The van der Waals surface area contributed by atoms with E-state index < -0.39 is 0 Å². The zero-order valence-corrected chi connectivity index (χ0v) is 17.4. The molecule has 1 aliphatic rings. The van der Waals surface area contributed by atoms with Gasteiger partial charge in [-0.15, -0.1) is 0 Å². The second-order valence-corrected chi connectivity index (χ2v) is 7.68. The van der Waals surface area contributed by atoms with E-state index in [0.29, 0.717) is 6.04 Å². The summed E-state index contributed by atoms with van der Waals surface area (Å²) >= 11 is 0. The molecule has 0 N–H and O–H groups in total. The maximum atomic E-state index is 5.50. The first kappa shape index (κ1) is 19.7. The highest BCUT2D eigenvalue weighted by Gasteiger charge is 2.23. The number of methoxy groups -OCH3 is 2. The highest BCUT2D eigenvalue weighted by atomic mass is 16.5. The number of fused-ring (bicyclic) bond motifs is 1. The van der Waals surface area contributed by atoms with Crippen LogP contribution in [0.25, 0.3) is 10.9 Å². The van der Waals surface area contributed by atoms with Crippen molar-refractivity contribution < 1.29 is 9.47 Å². The van der Waals surface area contributed by atoms with Crippen molar-refractivity contribution in [3.8, 4) is 11.5 Å². The highest BCUT2D eigenvalue weighted by molar-refractivity contribution is 5.94. The quantitative estimate of drug-likeness (QED) is 0.729. The van der Waals surface area contributed by atoms with Crippen LogP contribution in [0.2, 0.25) is 0 Å². The number of pyridine rings is 1. The van der Waals surface area contributed by atoms with Crippen LogP contribution in [0.15, 0.2) is 24.4 Å². The molecule has 0 amide bonds. The zero-order chi connectivity index (χ0) is 19.4. The van der Waals surface area contributed by atoms with Gasteiger partial charge in [0.1, 0.15) is 0 Å². The smallest absolute Gasteiger partial charge is 0.162 e. The predicted molar refractivity (Wildman–Crippen MR) is 112 cm³/mol. The fourth-order valence-electron chi connectivity index (χ4n) is 4.04. The summed E-state index contributed by atoms with van der Waals surface area (Å²) in [6.07, 6.45) is 4.44. The Bertz CT molecular complexity index is 757. The monoisotopic (exact) mass is 371 g/mol. The average Bonchev–Trinajstić information content (AvgIpc) is 2.72. The van der Waals surface area contributed by atoms with Gasteiger partial charge in [0.25, 0.3) is 0 Å². The number of hydrogen-bond acceptors (Lipinski definition) is 5. The number of hydrogen-bond donors (Lipinski definition) is 0. The summed E-state index contributed by atoms with van der Waals surface area (Å²) in [4.78, 5) is 9.64. The third kappa shape index (κ3) is 4.29. The van der Waals surface area contributed by atoms with Crippen LogP contribution in [0.1, 0.15) is 33.6 Å². The number of nitrogens with zero attached hydrogens (tertiary/aromatic N) is 3. The summed E-state index contributed by atoms with van der Waals surface area (Å²) in [5.74, 6) is 2.27. The molecule has 0 saturated carbocycles. The Labute approximate surface area is 163 Å². The molecule has 27 heavy (non-hydrogen) atoms. The maximum absolute atomic E-state index is 5.50. The topological polar surface area (TPSA) is 37.8 Å². The van der Waals surface area contributed by atoms with Crippen LogP contribution in [0.3, 0.4) is 0 Å². The first-order valence-corrected chi connectivity index (χ1v) is 10.1. The molecule has 2 unspecified atom stereocenters. The van der Waals surface area contributed by atoms with E-state index in [9.17, 15) is 0 Å². The number of benzene rings is 1. The molecular weight excluding hydrogens is 338 g/mol. The number of aromatic nitrogens is 1. The number of piperazine rings is 1. The lowest BCUT2D eigenvalue weighted by atomic mass is 9.99. The van der Waals surface area contributed by atoms with Gasteiger partial charge in [-0.05, 0) is 31.4 Å². The molecular formula is C22H33N3O2. The van der Waals surface area contributed by atoms with Crippen LogP contribution in [0.5, 0.6) is 11.5 Å². The van der Waals surface area contributed by atoms with Crippen LogP contribution < -0.4 is 14.4 Å². The van der Waals surface area contributed by atoms with Gasteiger partial charge in [0.2, 0.25) is 0 Å². The molecule has 0 spiro atoms. The number of rotatable bonds is 7. The molecule has 0 aliphatic carbocycles. The summed E-state index contributed by atoms with van der Waals surface area (Å²) in [6.45, 7) is 11.3. The van der Waals surface area contributed by atoms with Gasteiger partial charge in [-0.2, -0.15) is 0 Å². The molecule has 1 aliphatic heterocycles. The van der Waals surface area contributed by atoms with E-state index >= 15 is 0 Å². The van der Waals surface area contributed by atoms with Crippen LogP contribution in [0, 0.1) is 5.92 Å². The van der Waals surface area contributed by atoms with Crippen LogP contribution >= 0.6 is 0 Å². The number of anilines is 1. The Hall–Kier alpha value is -2.01. The van der Waals surface area contributed by atoms with E-state index in [0.717, 1.165) is 54.5 Å². The lowest BCUT2D eigenvalue weighted by molar-refractivity contribution is 0.173. The van der Waals surface area contributed by atoms with E-state index in [2.05, 4.69) is 47.7 Å². The maximum Gasteiger partial charge on any atom is 0.162 e. The van der Waals surface area contributed by atoms with E-state index in [4.69, 9.17) is 9.47 Å². The molecule has 2 heterocycles. The summed E-state index contributed by atoms with van der Waals surface area (Å²) in [5.41, 5.74) is 2.17. The fourth-order valence-corrected chi connectivity index (χ4v) is 4.04. The fraction of sp³-hybridized carbons (Fsp3) is 0.591. The van der Waals surface area contributed by atoms with Gasteiger partial charge >= 0.3 is 0 Å². The molecule has 1 aromatic heterocycles. The summed E-state index contributed by atoms with van der Waals surface area (Å²) in [5, 5.41) is 1.12. The van der Waals surface area contributed by atoms with Crippen LogP contribution in [0.4, 0.5) is 5.69 Å². The Morgan fingerprint density at radius 2 is 1.70 bits per heavy atom. The van der Waals surface area contributed by atoms with Crippen molar-refractivity contribution in [3.05, 3.63) is 24.4 Å². The minimum atomic E-state index is 0.653. The van der Waals surface area contributed by atoms with Gasteiger partial charge in [-0.1, -0.05) is 20.3 Å². The highest BCUT2D eigenvalue weighted by Crippen LogP contribution is 2.36. The average molecular weight is 372 g/mol. The van der Waals surface area contributed by atoms with Crippen molar-refractivity contribution in [1.29, 1.82) is 0 Å². The molecule has 5 heteroatoms. The van der Waals surface area contributed by atoms with Crippen molar-refractivity contribution in [3.63, 3.8) is 0 Å². The standard InChI is InChI=1S/C22H33N3O2/c1-6-16(2)13-17(3)24-9-11-25(12-10-24)20-7-8-23-19-15-22(27-5)21(26-4)14-18(19)20/h7-8,14-17H,6,9-13H2,1-5H3. The SMILES string of the molecule is CCC(C)CC(C)N1CCN(c2ccnc3cc(OC)c(OC)cc23)CC1. The Morgan fingerprint density at radius 3 is 2.33 bits per heavy atom. The van der Waals surface area contributed by atoms with Crippen molar-refractivity contribution in [1.82, 2.24) is 9.88 Å². The van der Waals surface area contributed by atoms with Gasteiger partial charge in [0.15, 0.2) is 11.5 Å². The first-order chi connectivity index (χ1) is 13.1. The Balaban J connectivity index is 1.77. The van der Waals surface area contributed by atoms with Crippen LogP contribution in [-0.2, 0) is 0 Å². The largest absolute Gasteiger partial charge is 0.493 e. The van der Waals surface area contributed by atoms with E-state index in [1.54, 1.807) is 14.2 Å². The van der Waals surface area contributed by atoms with Crippen molar-refractivity contribution in [2.75, 3.05) is 45.3 Å². The molecule has 148 valence electrons. The molecule has 1 aromatic carbocycles. The van der Waals surface area contributed by atoms with Gasteiger partial charge in [-0.3, -0.25) is 9.88 Å². The van der Waals surface area contributed by atoms with Crippen molar-refractivity contribution in [2.45, 2.75) is 39.7 Å². The predicted octanol–water partition coefficient (Wildman–Crippen LogP) is 4.20. The third-order valence-corrected chi connectivity index (χ3v) is 5.94. The van der Waals surface area contributed by atoms with Crippen LogP contribution in [-0.4, -0.2) is 56.3 Å². The van der Waals surface area contributed by atoms with E-state index in [1.165, 1.54) is 18.5 Å². The van der Waals surface area contributed by atoms with E-state index in [-0.39, 0.29) is 0 Å². The lowest BCUT2D eigenvalue weighted by Gasteiger charge is -2.40. The van der Waals surface area contributed by atoms with Gasteiger partial charge in [-0.25, -0.2) is 0 Å². The second-order valence-electron chi connectivity index (χ2n) is 7.68. The minimum Gasteiger partial charge on any atom is -0.493 e. The molecule has 1 fully saturated rings. The molecule has 3 rings (SSSR count). The minimum absolute atomic E-state index is 0.653. The third-order valence-electron chi connectivity index (χ3n) is 5.94. The Kier molecular flexibility index (Phi) is 6.42. The van der Waals surface area contributed by atoms with E-state index in [1.807, 2.05) is 12.3 Å². The molecule has 2 atom stereocenters.